The average molecular weight is 254 g/mol. The predicted molar refractivity (Wildman–Crippen MR) is 73.3 cm³/mol. The summed E-state index contributed by atoms with van der Waals surface area (Å²) in [6, 6.07) is 0. The molecule has 1 rings (SSSR count). The second-order valence-electron chi connectivity index (χ2n) is 5.04. The molecular weight excluding hydrogens is 228 g/mol. The minimum absolute atomic E-state index is 0.0139. The van der Waals surface area contributed by atoms with Gasteiger partial charge in [0.1, 0.15) is 0 Å². The molecule has 4 heteroatoms. The standard InChI is InChI=1S/C14H26N2O2/c1-3-5-14(6-8-15-9-7-14)13(18)16(10-4-2)11-12-17/h4,15,17H,2-3,5-12H2,1H3. The van der Waals surface area contributed by atoms with E-state index in [0.29, 0.717) is 13.1 Å². The Morgan fingerprint density at radius 1 is 1.50 bits per heavy atom. The maximum absolute atomic E-state index is 12.7. The van der Waals surface area contributed by atoms with Crippen LogP contribution < -0.4 is 5.32 Å². The van der Waals surface area contributed by atoms with E-state index in [1.165, 1.54) is 0 Å². The first-order chi connectivity index (χ1) is 8.70. The van der Waals surface area contributed by atoms with Crippen molar-refractivity contribution in [1.82, 2.24) is 10.2 Å². The molecule has 1 amide bonds. The van der Waals surface area contributed by atoms with Gasteiger partial charge in [-0.1, -0.05) is 19.4 Å². The summed E-state index contributed by atoms with van der Waals surface area (Å²) < 4.78 is 0. The molecule has 104 valence electrons. The smallest absolute Gasteiger partial charge is 0.229 e. The van der Waals surface area contributed by atoms with Crippen LogP contribution in [0, 0.1) is 5.41 Å². The van der Waals surface area contributed by atoms with Crippen LogP contribution in [0.15, 0.2) is 12.7 Å². The second-order valence-corrected chi connectivity index (χ2v) is 5.04. The number of nitrogens with zero attached hydrogens (tertiary/aromatic N) is 1. The molecule has 1 heterocycles. The second kappa shape index (κ2) is 7.54. The number of aliphatic hydroxyl groups is 1. The van der Waals surface area contributed by atoms with E-state index in [1.807, 2.05) is 0 Å². The van der Waals surface area contributed by atoms with Gasteiger partial charge in [0.05, 0.1) is 12.0 Å². The fraction of sp³-hybridized carbons (Fsp3) is 0.786. The van der Waals surface area contributed by atoms with Crippen molar-refractivity contribution in [2.75, 3.05) is 32.8 Å². The number of aliphatic hydroxyl groups excluding tert-OH is 1. The Balaban J connectivity index is 2.81. The zero-order valence-corrected chi connectivity index (χ0v) is 11.5. The van der Waals surface area contributed by atoms with Gasteiger partial charge in [-0.05, 0) is 32.4 Å². The highest BCUT2D eigenvalue weighted by atomic mass is 16.3. The van der Waals surface area contributed by atoms with E-state index >= 15 is 0 Å². The molecule has 0 aromatic heterocycles. The first-order valence-corrected chi connectivity index (χ1v) is 6.92. The topological polar surface area (TPSA) is 52.6 Å². The molecule has 0 radical (unpaired) electrons. The minimum atomic E-state index is -0.224. The van der Waals surface area contributed by atoms with Gasteiger partial charge in [0, 0.05) is 13.1 Å². The molecule has 1 aliphatic heterocycles. The number of rotatable bonds is 7. The van der Waals surface area contributed by atoms with Crippen LogP contribution in [-0.4, -0.2) is 48.7 Å². The monoisotopic (exact) mass is 254 g/mol. The number of amides is 1. The third-order valence-electron chi connectivity index (χ3n) is 3.75. The van der Waals surface area contributed by atoms with E-state index in [4.69, 9.17) is 5.11 Å². The van der Waals surface area contributed by atoms with Gasteiger partial charge in [-0.2, -0.15) is 0 Å². The summed E-state index contributed by atoms with van der Waals surface area (Å²) in [5.74, 6) is 0.194. The molecule has 2 N–H and O–H groups in total. The summed E-state index contributed by atoms with van der Waals surface area (Å²) in [7, 11) is 0. The molecule has 0 spiro atoms. The Bertz CT molecular complexity index is 267. The normalized spacial score (nSPS) is 18.3. The molecule has 0 atom stereocenters. The molecule has 0 aromatic rings. The van der Waals surface area contributed by atoms with Crippen LogP contribution in [0.3, 0.4) is 0 Å². The van der Waals surface area contributed by atoms with E-state index in [1.54, 1.807) is 11.0 Å². The van der Waals surface area contributed by atoms with Gasteiger partial charge in [0.15, 0.2) is 0 Å². The van der Waals surface area contributed by atoms with Crippen molar-refractivity contribution >= 4 is 5.91 Å². The van der Waals surface area contributed by atoms with Gasteiger partial charge in [0.25, 0.3) is 0 Å². The molecule has 0 unspecified atom stereocenters. The lowest BCUT2D eigenvalue weighted by molar-refractivity contribution is -0.144. The van der Waals surface area contributed by atoms with Gasteiger partial charge in [-0.15, -0.1) is 6.58 Å². The van der Waals surface area contributed by atoms with Crippen molar-refractivity contribution in [3.8, 4) is 0 Å². The molecule has 1 aliphatic rings. The first kappa shape index (κ1) is 15.2. The van der Waals surface area contributed by atoms with Crippen LogP contribution >= 0.6 is 0 Å². The Hall–Kier alpha value is -0.870. The van der Waals surface area contributed by atoms with Crippen molar-refractivity contribution < 1.29 is 9.90 Å². The average Bonchev–Trinajstić information content (AvgIpc) is 2.39. The highest BCUT2D eigenvalue weighted by Gasteiger charge is 2.40. The van der Waals surface area contributed by atoms with Gasteiger partial charge >= 0.3 is 0 Å². The zero-order valence-electron chi connectivity index (χ0n) is 11.5. The molecule has 0 aromatic carbocycles. The molecule has 0 bridgehead atoms. The number of hydrogen-bond acceptors (Lipinski definition) is 3. The van der Waals surface area contributed by atoms with E-state index < -0.39 is 0 Å². The van der Waals surface area contributed by atoms with Gasteiger partial charge in [0.2, 0.25) is 5.91 Å². The lowest BCUT2D eigenvalue weighted by atomic mass is 9.74. The van der Waals surface area contributed by atoms with E-state index in [2.05, 4.69) is 18.8 Å². The maximum Gasteiger partial charge on any atom is 0.229 e. The molecule has 4 nitrogen and oxygen atoms in total. The quantitative estimate of drug-likeness (QED) is 0.670. The Labute approximate surface area is 110 Å². The summed E-state index contributed by atoms with van der Waals surface area (Å²) in [6.07, 6.45) is 5.49. The number of hydrogen-bond donors (Lipinski definition) is 2. The first-order valence-electron chi connectivity index (χ1n) is 6.92. The minimum Gasteiger partial charge on any atom is -0.395 e. The van der Waals surface area contributed by atoms with E-state index in [0.717, 1.165) is 38.8 Å². The summed E-state index contributed by atoms with van der Waals surface area (Å²) in [4.78, 5) is 14.5. The fourth-order valence-electron chi connectivity index (χ4n) is 2.84. The van der Waals surface area contributed by atoms with Crippen molar-refractivity contribution in [3.63, 3.8) is 0 Å². The SMILES string of the molecule is C=CCN(CCO)C(=O)C1(CCC)CCNCC1. The Morgan fingerprint density at radius 3 is 2.67 bits per heavy atom. The predicted octanol–water partition coefficient (Wildman–Crippen LogP) is 1.16. The van der Waals surface area contributed by atoms with Crippen molar-refractivity contribution in [1.29, 1.82) is 0 Å². The van der Waals surface area contributed by atoms with E-state index in [-0.39, 0.29) is 17.9 Å². The van der Waals surface area contributed by atoms with Crippen LogP contribution in [0.2, 0.25) is 0 Å². The zero-order chi connectivity index (χ0) is 13.4. The molecule has 1 saturated heterocycles. The lowest BCUT2D eigenvalue weighted by Crippen LogP contribution is -2.50. The summed E-state index contributed by atoms with van der Waals surface area (Å²) in [6.45, 7) is 8.58. The van der Waals surface area contributed by atoms with E-state index in [9.17, 15) is 4.79 Å². The summed E-state index contributed by atoms with van der Waals surface area (Å²) in [5.41, 5.74) is -0.224. The number of carbonyl (C=O) groups is 1. The highest BCUT2D eigenvalue weighted by Crippen LogP contribution is 2.36. The Kier molecular flexibility index (Phi) is 6.36. The van der Waals surface area contributed by atoms with Crippen molar-refractivity contribution in [3.05, 3.63) is 12.7 Å². The summed E-state index contributed by atoms with van der Waals surface area (Å²) in [5, 5.41) is 12.4. The molecule has 1 fully saturated rings. The van der Waals surface area contributed by atoms with Crippen molar-refractivity contribution in [2.45, 2.75) is 32.6 Å². The molecule has 18 heavy (non-hydrogen) atoms. The van der Waals surface area contributed by atoms with Crippen LogP contribution in [0.5, 0.6) is 0 Å². The number of nitrogens with one attached hydrogen (secondary N) is 1. The highest BCUT2D eigenvalue weighted by molar-refractivity contribution is 5.83. The van der Waals surface area contributed by atoms with Crippen LogP contribution in [-0.2, 0) is 4.79 Å². The molecule has 0 saturated carbocycles. The van der Waals surface area contributed by atoms with Gasteiger partial charge in [-0.25, -0.2) is 0 Å². The third-order valence-corrected chi connectivity index (χ3v) is 3.75. The number of carbonyl (C=O) groups excluding carboxylic acids is 1. The number of piperidine rings is 1. The van der Waals surface area contributed by atoms with Crippen molar-refractivity contribution in [2.24, 2.45) is 5.41 Å². The van der Waals surface area contributed by atoms with Crippen LogP contribution in [0.1, 0.15) is 32.6 Å². The van der Waals surface area contributed by atoms with Crippen LogP contribution in [0.25, 0.3) is 0 Å². The van der Waals surface area contributed by atoms with Crippen LogP contribution in [0.4, 0.5) is 0 Å². The molecular formula is C14H26N2O2. The van der Waals surface area contributed by atoms with Gasteiger partial charge < -0.3 is 15.3 Å². The lowest BCUT2D eigenvalue weighted by Gasteiger charge is -2.39. The fourth-order valence-corrected chi connectivity index (χ4v) is 2.84. The molecule has 0 aliphatic carbocycles. The largest absolute Gasteiger partial charge is 0.395 e. The van der Waals surface area contributed by atoms with Gasteiger partial charge in [-0.3, -0.25) is 4.79 Å². The maximum atomic E-state index is 12.7. The third kappa shape index (κ3) is 3.56. The Morgan fingerprint density at radius 2 is 2.17 bits per heavy atom. The summed E-state index contributed by atoms with van der Waals surface area (Å²) >= 11 is 0.